The quantitative estimate of drug-likeness (QED) is 0.572. The fourth-order valence-corrected chi connectivity index (χ4v) is 1.55. The van der Waals surface area contributed by atoms with E-state index in [0.717, 1.165) is 6.42 Å². The maximum atomic E-state index is 8.72. The third kappa shape index (κ3) is 8.26. The number of nitrogens with one attached hydrogen (secondary N) is 1. The van der Waals surface area contributed by atoms with Gasteiger partial charge in [-0.1, -0.05) is 26.2 Å². The second kappa shape index (κ2) is 8.52. The molecule has 0 rings (SSSR count). The van der Waals surface area contributed by atoms with Crippen molar-refractivity contribution >= 4 is 0 Å². The molecule has 0 aromatic carbocycles. The van der Waals surface area contributed by atoms with E-state index in [2.05, 4.69) is 26.1 Å². The lowest BCUT2D eigenvalue weighted by Gasteiger charge is -2.19. The fraction of sp³-hybridized carbons (Fsp3) is 1.00. The first kappa shape index (κ1) is 12.9. The zero-order valence-electron chi connectivity index (χ0n) is 9.34. The average molecular weight is 187 g/mol. The van der Waals surface area contributed by atoms with E-state index in [1.54, 1.807) is 0 Å². The van der Waals surface area contributed by atoms with Gasteiger partial charge in [-0.2, -0.15) is 0 Å². The van der Waals surface area contributed by atoms with E-state index < -0.39 is 0 Å². The van der Waals surface area contributed by atoms with Gasteiger partial charge in [0.15, 0.2) is 0 Å². The van der Waals surface area contributed by atoms with Crippen molar-refractivity contribution in [3.63, 3.8) is 0 Å². The molecule has 0 amide bonds. The molecule has 2 atom stereocenters. The van der Waals surface area contributed by atoms with E-state index in [1.807, 2.05) is 0 Å². The highest BCUT2D eigenvalue weighted by atomic mass is 16.3. The number of aliphatic hydroxyl groups excluding tert-OH is 1. The summed E-state index contributed by atoms with van der Waals surface area (Å²) >= 11 is 0. The first-order chi connectivity index (χ1) is 6.20. The Morgan fingerprint density at radius 1 is 1.08 bits per heavy atom. The number of hydrogen-bond donors (Lipinski definition) is 2. The molecule has 0 heterocycles. The van der Waals surface area contributed by atoms with Crippen LogP contribution in [0.15, 0.2) is 0 Å². The van der Waals surface area contributed by atoms with Gasteiger partial charge in [0.1, 0.15) is 0 Å². The summed E-state index contributed by atoms with van der Waals surface area (Å²) in [7, 11) is 0. The second-order valence-electron chi connectivity index (χ2n) is 3.98. The summed E-state index contributed by atoms with van der Waals surface area (Å²) in [5.74, 6) is 0. The number of aliphatic hydroxyl groups is 1. The standard InChI is InChI=1S/C11H25NO/c1-4-5-6-7-10(2)12-11(3)8-9-13/h10-13H,4-9H2,1-3H3/t10?,11-/m1/s1. The molecule has 0 aromatic rings. The lowest BCUT2D eigenvalue weighted by molar-refractivity contribution is 0.262. The van der Waals surface area contributed by atoms with Crippen LogP contribution >= 0.6 is 0 Å². The molecule has 0 saturated carbocycles. The third-order valence-corrected chi connectivity index (χ3v) is 2.37. The molecule has 2 nitrogen and oxygen atoms in total. The Hall–Kier alpha value is -0.0800. The zero-order valence-corrected chi connectivity index (χ0v) is 9.34. The normalized spacial score (nSPS) is 15.7. The van der Waals surface area contributed by atoms with E-state index in [1.165, 1.54) is 25.7 Å². The Morgan fingerprint density at radius 3 is 2.23 bits per heavy atom. The highest BCUT2D eigenvalue weighted by Crippen LogP contribution is 2.04. The smallest absolute Gasteiger partial charge is 0.0445 e. The van der Waals surface area contributed by atoms with Gasteiger partial charge in [-0.25, -0.2) is 0 Å². The van der Waals surface area contributed by atoms with Gasteiger partial charge < -0.3 is 10.4 Å². The molecule has 0 spiro atoms. The predicted molar refractivity (Wildman–Crippen MR) is 57.9 cm³/mol. The SMILES string of the molecule is CCCCCC(C)N[C@H](C)CCO. The Morgan fingerprint density at radius 2 is 1.69 bits per heavy atom. The molecule has 0 fully saturated rings. The molecule has 0 aromatic heterocycles. The van der Waals surface area contributed by atoms with Crippen LogP contribution in [0.3, 0.4) is 0 Å². The highest BCUT2D eigenvalue weighted by molar-refractivity contribution is 4.66. The minimum absolute atomic E-state index is 0.288. The van der Waals surface area contributed by atoms with Crippen molar-refractivity contribution in [1.29, 1.82) is 0 Å². The van der Waals surface area contributed by atoms with Crippen LogP contribution in [0.1, 0.15) is 52.9 Å². The lowest BCUT2D eigenvalue weighted by atomic mass is 10.1. The van der Waals surface area contributed by atoms with Crippen molar-refractivity contribution in [2.24, 2.45) is 0 Å². The number of hydrogen-bond acceptors (Lipinski definition) is 2. The van der Waals surface area contributed by atoms with E-state index in [0.29, 0.717) is 12.1 Å². The molecule has 13 heavy (non-hydrogen) atoms. The molecular formula is C11H25NO. The van der Waals surface area contributed by atoms with Gasteiger partial charge in [-0.15, -0.1) is 0 Å². The lowest BCUT2D eigenvalue weighted by Crippen LogP contribution is -2.34. The van der Waals surface area contributed by atoms with Gasteiger partial charge in [0.05, 0.1) is 0 Å². The zero-order chi connectivity index (χ0) is 10.1. The van der Waals surface area contributed by atoms with Crippen molar-refractivity contribution < 1.29 is 5.11 Å². The summed E-state index contributed by atoms with van der Waals surface area (Å²) in [5, 5.41) is 12.2. The number of rotatable bonds is 8. The summed E-state index contributed by atoms with van der Waals surface area (Å²) in [4.78, 5) is 0. The molecule has 2 heteroatoms. The third-order valence-electron chi connectivity index (χ3n) is 2.37. The van der Waals surface area contributed by atoms with E-state index >= 15 is 0 Å². The summed E-state index contributed by atoms with van der Waals surface area (Å²) in [6.07, 6.45) is 6.05. The van der Waals surface area contributed by atoms with Crippen molar-refractivity contribution in [3.05, 3.63) is 0 Å². The average Bonchev–Trinajstić information content (AvgIpc) is 2.05. The molecule has 80 valence electrons. The summed E-state index contributed by atoms with van der Waals surface area (Å²) in [5.41, 5.74) is 0. The van der Waals surface area contributed by atoms with Crippen LogP contribution in [0.4, 0.5) is 0 Å². The molecule has 0 aliphatic heterocycles. The van der Waals surface area contributed by atoms with Gasteiger partial charge in [0, 0.05) is 18.7 Å². The topological polar surface area (TPSA) is 32.3 Å². The highest BCUT2D eigenvalue weighted by Gasteiger charge is 2.05. The molecule has 0 aliphatic carbocycles. The van der Waals surface area contributed by atoms with E-state index in [-0.39, 0.29) is 6.61 Å². The molecule has 0 aliphatic rings. The van der Waals surface area contributed by atoms with Crippen LogP contribution in [-0.2, 0) is 0 Å². The fourth-order valence-electron chi connectivity index (χ4n) is 1.55. The first-order valence-electron chi connectivity index (χ1n) is 5.57. The van der Waals surface area contributed by atoms with Crippen LogP contribution in [0.25, 0.3) is 0 Å². The van der Waals surface area contributed by atoms with Crippen LogP contribution < -0.4 is 5.32 Å². The van der Waals surface area contributed by atoms with Gasteiger partial charge >= 0.3 is 0 Å². The molecule has 1 unspecified atom stereocenters. The predicted octanol–water partition coefficient (Wildman–Crippen LogP) is 2.32. The van der Waals surface area contributed by atoms with Crippen LogP contribution in [-0.4, -0.2) is 23.8 Å². The summed E-state index contributed by atoms with van der Waals surface area (Å²) in [6.45, 7) is 6.87. The molecule has 0 radical (unpaired) electrons. The monoisotopic (exact) mass is 187 g/mol. The van der Waals surface area contributed by atoms with Crippen LogP contribution in [0.2, 0.25) is 0 Å². The Labute approximate surface area is 82.7 Å². The van der Waals surface area contributed by atoms with Crippen molar-refractivity contribution in [3.8, 4) is 0 Å². The van der Waals surface area contributed by atoms with Crippen molar-refractivity contribution in [2.45, 2.75) is 65.0 Å². The van der Waals surface area contributed by atoms with Crippen LogP contribution in [0, 0.1) is 0 Å². The number of unbranched alkanes of at least 4 members (excludes halogenated alkanes) is 2. The maximum absolute atomic E-state index is 8.72. The minimum atomic E-state index is 0.288. The Kier molecular flexibility index (Phi) is 8.46. The minimum Gasteiger partial charge on any atom is -0.396 e. The Bertz CT molecular complexity index is 106. The summed E-state index contributed by atoms with van der Waals surface area (Å²) in [6, 6.07) is 1.04. The van der Waals surface area contributed by atoms with Crippen LogP contribution in [0.5, 0.6) is 0 Å². The van der Waals surface area contributed by atoms with Gasteiger partial charge in [-0.05, 0) is 26.7 Å². The van der Waals surface area contributed by atoms with E-state index in [9.17, 15) is 0 Å². The first-order valence-corrected chi connectivity index (χ1v) is 5.57. The molecule has 0 bridgehead atoms. The largest absolute Gasteiger partial charge is 0.396 e. The van der Waals surface area contributed by atoms with Gasteiger partial charge in [0.2, 0.25) is 0 Å². The molecular weight excluding hydrogens is 162 g/mol. The molecule has 2 N–H and O–H groups in total. The second-order valence-corrected chi connectivity index (χ2v) is 3.98. The van der Waals surface area contributed by atoms with Gasteiger partial charge in [0.25, 0.3) is 0 Å². The van der Waals surface area contributed by atoms with Crippen molar-refractivity contribution in [1.82, 2.24) is 5.32 Å². The Balaban J connectivity index is 3.32. The maximum Gasteiger partial charge on any atom is 0.0445 e. The summed E-state index contributed by atoms with van der Waals surface area (Å²) < 4.78 is 0. The van der Waals surface area contributed by atoms with Gasteiger partial charge in [-0.3, -0.25) is 0 Å². The molecule has 0 saturated heterocycles. The van der Waals surface area contributed by atoms with Crippen molar-refractivity contribution in [2.75, 3.05) is 6.61 Å². The van der Waals surface area contributed by atoms with E-state index in [4.69, 9.17) is 5.11 Å².